The van der Waals surface area contributed by atoms with E-state index in [2.05, 4.69) is 12.2 Å². The zero-order chi connectivity index (χ0) is 8.44. The minimum Gasteiger partial charge on any atom is -0.378 e. The fourth-order valence-electron chi connectivity index (χ4n) is 2.34. The molecule has 1 aliphatic heterocycles. The second kappa shape index (κ2) is 3.35. The first-order valence-electron chi connectivity index (χ1n) is 5.14. The van der Waals surface area contributed by atoms with Crippen LogP contribution in [0.2, 0.25) is 0 Å². The Hall–Kier alpha value is -0.0800. The highest BCUT2D eigenvalue weighted by Gasteiger charge is 2.35. The van der Waals surface area contributed by atoms with Gasteiger partial charge in [-0.15, -0.1) is 0 Å². The van der Waals surface area contributed by atoms with Gasteiger partial charge in [-0.1, -0.05) is 6.92 Å². The largest absolute Gasteiger partial charge is 0.378 e. The van der Waals surface area contributed by atoms with Crippen LogP contribution in [0.5, 0.6) is 0 Å². The summed E-state index contributed by atoms with van der Waals surface area (Å²) in [5.74, 6) is 0.930. The van der Waals surface area contributed by atoms with E-state index in [1.807, 2.05) is 0 Å². The minimum atomic E-state index is 0.366. The maximum Gasteiger partial charge on any atom is 0.0648 e. The van der Waals surface area contributed by atoms with E-state index in [0.29, 0.717) is 5.54 Å². The van der Waals surface area contributed by atoms with Crippen molar-refractivity contribution in [2.45, 2.75) is 38.1 Å². The lowest BCUT2D eigenvalue weighted by molar-refractivity contribution is 0.00349. The Labute approximate surface area is 74.7 Å². The first-order chi connectivity index (χ1) is 5.81. The van der Waals surface area contributed by atoms with E-state index < -0.39 is 0 Å². The topological polar surface area (TPSA) is 21.3 Å². The lowest BCUT2D eigenvalue weighted by Crippen LogP contribution is -2.55. The summed E-state index contributed by atoms with van der Waals surface area (Å²) >= 11 is 0. The Morgan fingerprint density at radius 3 is 2.67 bits per heavy atom. The van der Waals surface area contributed by atoms with Crippen molar-refractivity contribution in [1.29, 1.82) is 0 Å². The molecule has 0 aromatic rings. The van der Waals surface area contributed by atoms with Gasteiger partial charge in [-0.3, -0.25) is 0 Å². The van der Waals surface area contributed by atoms with Gasteiger partial charge in [0.05, 0.1) is 13.2 Å². The van der Waals surface area contributed by atoms with E-state index in [0.717, 1.165) is 25.7 Å². The van der Waals surface area contributed by atoms with Crippen molar-refractivity contribution in [3.63, 3.8) is 0 Å². The highest BCUT2D eigenvalue weighted by molar-refractivity contribution is 4.93. The second-order valence-corrected chi connectivity index (χ2v) is 4.44. The molecule has 1 spiro atoms. The molecule has 70 valence electrons. The smallest absolute Gasteiger partial charge is 0.0648 e. The molecule has 2 fully saturated rings. The van der Waals surface area contributed by atoms with Crippen LogP contribution in [0, 0.1) is 5.92 Å². The molecule has 0 amide bonds. The third-order valence-electron chi connectivity index (χ3n) is 3.36. The number of nitrogens with one attached hydrogen (secondary N) is 1. The molecule has 0 bridgehead atoms. The van der Waals surface area contributed by atoms with Gasteiger partial charge in [0, 0.05) is 12.1 Å². The lowest BCUT2D eigenvalue weighted by Gasteiger charge is -2.42. The molecule has 0 aromatic carbocycles. The molecule has 0 atom stereocenters. The van der Waals surface area contributed by atoms with Gasteiger partial charge in [-0.05, 0) is 31.6 Å². The van der Waals surface area contributed by atoms with Crippen molar-refractivity contribution in [2.75, 3.05) is 19.8 Å². The Bertz CT molecular complexity index is 142. The van der Waals surface area contributed by atoms with Gasteiger partial charge in [-0.2, -0.15) is 0 Å². The summed E-state index contributed by atoms with van der Waals surface area (Å²) in [6.45, 7) is 5.25. The molecule has 2 rings (SSSR count). The molecule has 1 aliphatic carbocycles. The van der Waals surface area contributed by atoms with Gasteiger partial charge in [-0.25, -0.2) is 0 Å². The van der Waals surface area contributed by atoms with Crippen LogP contribution in [0.1, 0.15) is 32.6 Å². The Morgan fingerprint density at radius 1 is 1.33 bits per heavy atom. The highest BCUT2D eigenvalue weighted by Crippen LogP contribution is 2.32. The maximum absolute atomic E-state index is 5.54. The summed E-state index contributed by atoms with van der Waals surface area (Å²) in [5, 5.41) is 3.63. The molecule has 12 heavy (non-hydrogen) atoms. The molecule has 2 nitrogen and oxygen atoms in total. The van der Waals surface area contributed by atoms with Crippen LogP contribution in [-0.2, 0) is 4.74 Å². The molecule has 2 heteroatoms. The Kier molecular flexibility index (Phi) is 2.37. The van der Waals surface area contributed by atoms with Crippen molar-refractivity contribution in [1.82, 2.24) is 5.32 Å². The van der Waals surface area contributed by atoms with Crippen LogP contribution in [0.15, 0.2) is 0 Å². The Balaban J connectivity index is 1.92. The quantitative estimate of drug-likeness (QED) is 0.594. The molecule has 1 heterocycles. The van der Waals surface area contributed by atoms with E-state index in [1.165, 1.54) is 25.7 Å². The summed E-state index contributed by atoms with van der Waals surface area (Å²) in [7, 11) is 0. The van der Waals surface area contributed by atoms with Crippen LogP contribution in [0.4, 0.5) is 0 Å². The summed E-state index contributed by atoms with van der Waals surface area (Å²) in [4.78, 5) is 0. The summed E-state index contributed by atoms with van der Waals surface area (Å²) in [6.07, 6.45) is 5.37. The zero-order valence-corrected chi connectivity index (χ0v) is 7.94. The minimum absolute atomic E-state index is 0.366. The first-order valence-corrected chi connectivity index (χ1v) is 5.14. The third kappa shape index (κ3) is 1.64. The molecule has 1 saturated carbocycles. The first kappa shape index (κ1) is 8.52. The van der Waals surface area contributed by atoms with Gasteiger partial charge in [0.25, 0.3) is 0 Å². The average Bonchev–Trinajstić information content (AvgIpc) is 2.13. The Morgan fingerprint density at radius 2 is 2.08 bits per heavy atom. The van der Waals surface area contributed by atoms with E-state index in [9.17, 15) is 0 Å². The van der Waals surface area contributed by atoms with Gasteiger partial charge >= 0.3 is 0 Å². The fourth-order valence-corrected chi connectivity index (χ4v) is 2.34. The lowest BCUT2D eigenvalue weighted by atomic mass is 9.77. The monoisotopic (exact) mass is 169 g/mol. The molecular formula is C10H19NO. The standard InChI is InChI=1S/C10H19NO/c1-9-2-4-10(5-3-9)8-12-7-6-11-10/h9,11H,2-8H2,1H3. The van der Waals surface area contributed by atoms with Crippen molar-refractivity contribution >= 4 is 0 Å². The second-order valence-electron chi connectivity index (χ2n) is 4.44. The number of morpholine rings is 1. The summed E-state index contributed by atoms with van der Waals surface area (Å²) < 4.78 is 5.54. The van der Waals surface area contributed by atoms with Gasteiger partial charge < -0.3 is 10.1 Å². The average molecular weight is 169 g/mol. The van der Waals surface area contributed by atoms with Crippen molar-refractivity contribution in [3.8, 4) is 0 Å². The molecule has 2 aliphatic rings. The van der Waals surface area contributed by atoms with Gasteiger partial charge in [0.15, 0.2) is 0 Å². The van der Waals surface area contributed by atoms with Crippen LogP contribution >= 0.6 is 0 Å². The van der Waals surface area contributed by atoms with Gasteiger partial charge in [0.1, 0.15) is 0 Å². The summed E-state index contributed by atoms with van der Waals surface area (Å²) in [6, 6.07) is 0. The number of ether oxygens (including phenoxy) is 1. The van der Waals surface area contributed by atoms with Crippen molar-refractivity contribution in [2.24, 2.45) is 5.92 Å². The number of hydrogen-bond donors (Lipinski definition) is 1. The van der Waals surface area contributed by atoms with Gasteiger partial charge in [0.2, 0.25) is 0 Å². The fraction of sp³-hybridized carbons (Fsp3) is 1.00. The maximum atomic E-state index is 5.54. The predicted octanol–water partition coefficient (Wildman–Crippen LogP) is 1.56. The summed E-state index contributed by atoms with van der Waals surface area (Å²) in [5.41, 5.74) is 0.366. The molecular weight excluding hydrogens is 150 g/mol. The molecule has 0 aromatic heterocycles. The highest BCUT2D eigenvalue weighted by atomic mass is 16.5. The zero-order valence-electron chi connectivity index (χ0n) is 7.94. The molecule has 0 radical (unpaired) electrons. The molecule has 1 saturated heterocycles. The SMILES string of the molecule is CC1CCC2(CC1)COCCN2. The van der Waals surface area contributed by atoms with E-state index >= 15 is 0 Å². The van der Waals surface area contributed by atoms with Crippen LogP contribution in [0.25, 0.3) is 0 Å². The van der Waals surface area contributed by atoms with E-state index in [-0.39, 0.29) is 0 Å². The van der Waals surface area contributed by atoms with E-state index in [1.54, 1.807) is 0 Å². The normalized spacial score (nSPS) is 43.2. The molecule has 1 N–H and O–H groups in total. The van der Waals surface area contributed by atoms with Crippen molar-refractivity contribution in [3.05, 3.63) is 0 Å². The predicted molar refractivity (Wildman–Crippen MR) is 49.2 cm³/mol. The third-order valence-corrected chi connectivity index (χ3v) is 3.36. The van der Waals surface area contributed by atoms with E-state index in [4.69, 9.17) is 4.74 Å². The van der Waals surface area contributed by atoms with Crippen LogP contribution < -0.4 is 5.32 Å². The molecule has 0 unspecified atom stereocenters. The number of hydrogen-bond acceptors (Lipinski definition) is 2. The number of rotatable bonds is 0. The van der Waals surface area contributed by atoms with Crippen molar-refractivity contribution < 1.29 is 4.74 Å². The van der Waals surface area contributed by atoms with Crippen LogP contribution in [-0.4, -0.2) is 25.3 Å². The van der Waals surface area contributed by atoms with Crippen LogP contribution in [0.3, 0.4) is 0 Å².